The van der Waals surface area contributed by atoms with Crippen LogP contribution in [0.2, 0.25) is 0 Å². The minimum atomic E-state index is -0.662. The molecule has 1 aromatic carbocycles. The lowest BCUT2D eigenvalue weighted by Gasteiger charge is -2.34. The Morgan fingerprint density at radius 2 is 2.11 bits per heavy atom. The summed E-state index contributed by atoms with van der Waals surface area (Å²) in [5.74, 6) is -1.67. The molecule has 0 bridgehead atoms. The molecule has 0 aromatic heterocycles. The van der Waals surface area contributed by atoms with E-state index >= 15 is 0 Å². The van der Waals surface area contributed by atoms with Crippen molar-refractivity contribution < 1.29 is 13.6 Å². The number of rotatable bonds is 1. The second kappa shape index (κ2) is 4.02. The highest BCUT2D eigenvalue weighted by atomic mass is 19.1. The fraction of sp³-hybridized carbons (Fsp3) is 0.462. The lowest BCUT2D eigenvalue weighted by Crippen LogP contribution is -2.54. The van der Waals surface area contributed by atoms with Crippen molar-refractivity contribution in [2.24, 2.45) is 0 Å². The molecule has 1 N–H and O–H groups in total. The van der Waals surface area contributed by atoms with Crippen LogP contribution in [0.5, 0.6) is 0 Å². The van der Waals surface area contributed by atoms with Gasteiger partial charge in [-0.25, -0.2) is 8.78 Å². The fourth-order valence-electron chi connectivity index (χ4n) is 2.45. The minimum Gasteiger partial charge on any atom is -0.335 e. The molecule has 1 aliphatic heterocycles. The average molecular weight is 252 g/mol. The summed E-state index contributed by atoms with van der Waals surface area (Å²) in [6, 6.07) is 2.99. The third kappa shape index (κ3) is 1.99. The number of amides is 1. The zero-order valence-electron chi connectivity index (χ0n) is 9.88. The van der Waals surface area contributed by atoms with E-state index < -0.39 is 17.5 Å². The molecule has 18 heavy (non-hydrogen) atoms. The summed E-state index contributed by atoms with van der Waals surface area (Å²) in [6.45, 7) is 1.83. The number of piperazine rings is 1. The second-order valence-electron chi connectivity index (χ2n) is 5.06. The summed E-state index contributed by atoms with van der Waals surface area (Å²) >= 11 is 0. The third-order valence-corrected chi connectivity index (χ3v) is 3.67. The lowest BCUT2D eigenvalue weighted by atomic mass is 10.1. The van der Waals surface area contributed by atoms with E-state index in [-0.39, 0.29) is 11.1 Å². The zero-order chi connectivity index (χ0) is 12.8. The SMILES string of the molecule is O=C(c1cc(F)ccc1F)N1CCNC2(CC2)C1. The molecule has 1 aromatic rings. The zero-order valence-corrected chi connectivity index (χ0v) is 9.88. The molecule has 3 rings (SSSR count). The Balaban J connectivity index is 1.83. The van der Waals surface area contributed by atoms with Crippen molar-refractivity contribution in [3.8, 4) is 0 Å². The van der Waals surface area contributed by atoms with E-state index in [1.807, 2.05) is 0 Å². The topological polar surface area (TPSA) is 32.3 Å². The van der Waals surface area contributed by atoms with E-state index in [9.17, 15) is 13.6 Å². The average Bonchev–Trinajstić information content (AvgIpc) is 3.10. The maximum atomic E-state index is 13.6. The highest BCUT2D eigenvalue weighted by molar-refractivity contribution is 5.94. The predicted molar refractivity (Wildman–Crippen MR) is 62.2 cm³/mol. The van der Waals surface area contributed by atoms with Gasteiger partial charge < -0.3 is 10.2 Å². The van der Waals surface area contributed by atoms with Crippen LogP contribution in [0.4, 0.5) is 8.78 Å². The maximum absolute atomic E-state index is 13.6. The Morgan fingerprint density at radius 1 is 1.33 bits per heavy atom. The third-order valence-electron chi connectivity index (χ3n) is 3.67. The highest BCUT2D eigenvalue weighted by Crippen LogP contribution is 2.37. The van der Waals surface area contributed by atoms with Crippen molar-refractivity contribution in [2.45, 2.75) is 18.4 Å². The van der Waals surface area contributed by atoms with Crippen molar-refractivity contribution in [1.29, 1.82) is 0 Å². The van der Waals surface area contributed by atoms with Gasteiger partial charge in [-0.2, -0.15) is 0 Å². The number of carbonyl (C=O) groups is 1. The van der Waals surface area contributed by atoms with Gasteiger partial charge in [-0.1, -0.05) is 0 Å². The Bertz CT molecular complexity index is 500. The summed E-state index contributed by atoms with van der Waals surface area (Å²) in [5, 5.41) is 3.37. The van der Waals surface area contributed by atoms with E-state index in [0.717, 1.165) is 31.0 Å². The van der Waals surface area contributed by atoms with Crippen LogP contribution in [-0.4, -0.2) is 36.0 Å². The van der Waals surface area contributed by atoms with Gasteiger partial charge in [-0.15, -0.1) is 0 Å². The van der Waals surface area contributed by atoms with Crippen LogP contribution in [0.1, 0.15) is 23.2 Å². The smallest absolute Gasteiger partial charge is 0.257 e. The van der Waals surface area contributed by atoms with Gasteiger partial charge in [0.2, 0.25) is 0 Å². The maximum Gasteiger partial charge on any atom is 0.257 e. The van der Waals surface area contributed by atoms with Crippen molar-refractivity contribution in [1.82, 2.24) is 10.2 Å². The molecule has 0 radical (unpaired) electrons. The van der Waals surface area contributed by atoms with Crippen molar-refractivity contribution in [2.75, 3.05) is 19.6 Å². The molecule has 96 valence electrons. The molecule has 2 fully saturated rings. The number of benzene rings is 1. The van der Waals surface area contributed by atoms with Crippen LogP contribution in [0.3, 0.4) is 0 Å². The first-order valence-electron chi connectivity index (χ1n) is 6.09. The van der Waals surface area contributed by atoms with Crippen LogP contribution in [-0.2, 0) is 0 Å². The lowest BCUT2D eigenvalue weighted by molar-refractivity contribution is 0.0686. The Morgan fingerprint density at radius 3 is 2.83 bits per heavy atom. The first-order valence-corrected chi connectivity index (χ1v) is 6.09. The number of carbonyl (C=O) groups excluding carboxylic acids is 1. The molecule has 1 amide bonds. The molecular weight excluding hydrogens is 238 g/mol. The second-order valence-corrected chi connectivity index (χ2v) is 5.06. The molecule has 1 spiro atoms. The quantitative estimate of drug-likeness (QED) is 0.822. The van der Waals surface area contributed by atoms with E-state index in [0.29, 0.717) is 19.6 Å². The van der Waals surface area contributed by atoms with Crippen LogP contribution in [0, 0.1) is 11.6 Å². The van der Waals surface area contributed by atoms with Gasteiger partial charge in [0.25, 0.3) is 5.91 Å². The van der Waals surface area contributed by atoms with Crippen molar-refractivity contribution in [3.63, 3.8) is 0 Å². The monoisotopic (exact) mass is 252 g/mol. The summed E-state index contributed by atoms with van der Waals surface area (Å²) in [6.07, 6.45) is 2.09. The summed E-state index contributed by atoms with van der Waals surface area (Å²) < 4.78 is 26.6. The molecule has 3 nitrogen and oxygen atoms in total. The van der Waals surface area contributed by atoms with Gasteiger partial charge >= 0.3 is 0 Å². The normalized spacial score (nSPS) is 21.1. The van der Waals surface area contributed by atoms with Gasteiger partial charge in [0, 0.05) is 25.2 Å². The van der Waals surface area contributed by atoms with Gasteiger partial charge in [0.1, 0.15) is 11.6 Å². The number of hydrogen-bond acceptors (Lipinski definition) is 2. The van der Waals surface area contributed by atoms with Crippen LogP contribution < -0.4 is 5.32 Å². The van der Waals surface area contributed by atoms with Crippen LogP contribution >= 0.6 is 0 Å². The minimum absolute atomic E-state index is 0.0394. The first-order chi connectivity index (χ1) is 8.60. The van der Waals surface area contributed by atoms with Gasteiger partial charge in [0.05, 0.1) is 5.56 Å². The van der Waals surface area contributed by atoms with E-state index in [4.69, 9.17) is 0 Å². The Labute approximate surface area is 104 Å². The number of hydrogen-bond donors (Lipinski definition) is 1. The van der Waals surface area contributed by atoms with Crippen molar-refractivity contribution in [3.05, 3.63) is 35.4 Å². The van der Waals surface area contributed by atoms with Gasteiger partial charge in [-0.3, -0.25) is 4.79 Å². The number of nitrogens with one attached hydrogen (secondary N) is 1. The standard InChI is InChI=1S/C13H14F2N2O/c14-9-1-2-11(15)10(7-9)12(18)17-6-5-16-13(8-17)3-4-13/h1-2,7,16H,3-6,8H2. The summed E-state index contributed by atoms with van der Waals surface area (Å²) in [7, 11) is 0. The fourth-order valence-corrected chi connectivity index (χ4v) is 2.45. The molecule has 1 saturated heterocycles. The van der Waals surface area contributed by atoms with E-state index in [1.165, 1.54) is 0 Å². The Kier molecular flexibility index (Phi) is 2.59. The molecule has 0 atom stereocenters. The molecular formula is C13H14F2N2O. The van der Waals surface area contributed by atoms with Crippen LogP contribution in [0.25, 0.3) is 0 Å². The van der Waals surface area contributed by atoms with Crippen LogP contribution in [0.15, 0.2) is 18.2 Å². The van der Waals surface area contributed by atoms with Gasteiger partial charge in [0.15, 0.2) is 0 Å². The van der Waals surface area contributed by atoms with E-state index in [2.05, 4.69) is 5.32 Å². The van der Waals surface area contributed by atoms with Gasteiger partial charge in [-0.05, 0) is 31.0 Å². The first kappa shape index (κ1) is 11.6. The van der Waals surface area contributed by atoms with E-state index in [1.54, 1.807) is 4.90 Å². The molecule has 1 aliphatic carbocycles. The highest BCUT2D eigenvalue weighted by Gasteiger charge is 2.46. The largest absolute Gasteiger partial charge is 0.335 e. The van der Waals surface area contributed by atoms with Crippen molar-refractivity contribution >= 4 is 5.91 Å². The summed E-state index contributed by atoms with van der Waals surface area (Å²) in [5.41, 5.74) is -0.134. The molecule has 5 heteroatoms. The molecule has 1 heterocycles. The Hall–Kier alpha value is -1.49. The molecule has 1 saturated carbocycles. The predicted octanol–water partition coefficient (Wildman–Crippen LogP) is 1.54. The molecule has 0 unspecified atom stereocenters. The number of halogens is 2. The molecule has 2 aliphatic rings. The summed E-state index contributed by atoms with van der Waals surface area (Å²) in [4.78, 5) is 13.8. The number of nitrogens with zero attached hydrogens (tertiary/aromatic N) is 1.